The zero-order valence-electron chi connectivity index (χ0n) is 20.0. The number of benzene rings is 1. The van der Waals surface area contributed by atoms with Crippen molar-refractivity contribution in [1.29, 1.82) is 0 Å². The summed E-state index contributed by atoms with van der Waals surface area (Å²) in [5.41, 5.74) is 8.94. The number of halogens is 1. The second-order valence-electron chi connectivity index (χ2n) is 10.7. The number of nitrogens with two attached hydrogens (primary N) is 1. The second-order valence-corrected chi connectivity index (χ2v) is 10.7. The number of piperidine rings is 1. The number of rotatable bonds is 5. The van der Waals surface area contributed by atoms with Gasteiger partial charge in [0, 0.05) is 48.3 Å². The summed E-state index contributed by atoms with van der Waals surface area (Å²) >= 11 is 0. The highest BCUT2D eigenvalue weighted by Gasteiger charge is 2.41. The molecule has 2 N–H and O–H groups in total. The summed E-state index contributed by atoms with van der Waals surface area (Å²) in [7, 11) is 0. The molecule has 1 saturated carbocycles. The van der Waals surface area contributed by atoms with Crippen LogP contribution in [0.1, 0.15) is 88.1 Å². The van der Waals surface area contributed by atoms with Crippen LogP contribution in [0.15, 0.2) is 18.2 Å². The number of anilines is 1. The van der Waals surface area contributed by atoms with Gasteiger partial charge < -0.3 is 10.6 Å². The number of hydrogen-bond donors (Lipinski definition) is 1. The van der Waals surface area contributed by atoms with E-state index in [9.17, 15) is 14.4 Å². The standard InChI is InChI=1S/C25H36N4O3.ClH/c1-25(2,3)14-15-27(18-12-10-17(26)11-13-18)21-7-4-6-19-20(21)16-28(24(19)32)29-22(30)8-5-9-23(29)31;/h4,6-7,17-18H,5,8-16,26H2,1-3H3;1H. The Kier molecular flexibility index (Phi) is 7.74. The molecule has 0 atom stereocenters. The Hall–Kier alpha value is -2.12. The fraction of sp³-hybridized carbons (Fsp3) is 0.640. The van der Waals surface area contributed by atoms with Crippen molar-refractivity contribution in [3.63, 3.8) is 0 Å². The van der Waals surface area contributed by atoms with E-state index in [0.717, 1.165) is 54.9 Å². The minimum Gasteiger partial charge on any atom is -0.368 e. The van der Waals surface area contributed by atoms with Crippen LogP contribution in [0.2, 0.25) is 0 Å². The van der Waals surface area contributed by atoms with E-state index in [-0.39, 0.29) is 48.1 Å². The highest BCUT2D eigenvalue weighted by atomic mass is 35.5. The van der Waals surface area contributed by atoms with E-state index in [1.54, 1.807) is 0 Å². The first kappa shape index (κ1) is 25.5. The van der Waals surface area contributed by atoms with Gasteiger partial charge in [-0.2, -0.15) is 5.01 Å². The molecule has 0 aromatic heterocycles. The number of carbonyl (C=O) groups excluding carboxylic acids is 3. The number of hydrogen-bond acceptors (Lipinski definition) is 5. The topological polar surface area (TPSA) is 87.0 Å². The van der Waals surface area contributed by atoms with E-state index >= 15 is 0 Å². The number of imide groups is 1. The van der Waals surface area contributed by atoms with Gasteiger partial charge in [-0.3, -0.25) is 14.4 Å². The molecule has 8 heteroatoms. The number of nitrogens with zero attached hydrogens (tertiary/aromatic N) is 3. The van der Waals surface area contributed by atoms with Crippen LogP contribution < -0.4 is 10.6 Å². The molecule has 1 aromatic carbocycles. The third-order valence-electron chi connectivity index (χ3n) is 7.01. The summed E-state index contributed by atoms with van der Waals surface area (Å²) in [6.07, 6.45) is 6.28. The number of carbonyl (C=O) groups is 3. The lowest BCUT2D eigenvalue weighted by atomic mass is 9.88. The lowest BCUT2D eigenvalue weighted by Crippen LogP contribution is -2.52. The fourth-order valence-electron chi connectivity index (χ4n) is 5.11. The van der Waals surface area contributed by atoms with Gasteiger partial charge in [0.1, 0.15) is 0 Å². The van der Waals surface area contributed by atoms with Gasteiger partial charge in [0.15, 0.2) is 0 Å². The number of hydrazine groups is 1. The van der Waals surface area contributed by atoms with Crippen LogP contribution in [-0.2, 0) is 16.1 Å². The van der Waals surface area contributed by atoms with E-state index in [2.05, 4.69) is 31.7 Å². The van der Waals surface area contributed by atoms with E-state index in [4.69, 9.17) is 5.73 Å². The van der Waals surface area contributed by atoms with Crippen molar-refractivity contribution < 1.29 is 14.4 Å². The highest BCUT2D eigenvalue weighted by Crippen LogP contribution is 2.37. The first-order valence-corrected chi connectivity index (χ1v) is 12.0. The molecule has 3 amide bonds. The Balaban J connectivity index is 0.00000306. The van der Waals surface area contributed by atoms with Crippen molar-refractivity contribution in [2.45, 2.75) is 90.8 Å². The van der Waals surface area contributed by atoms with Crippen molar-refractivity contribution in [2.75, 3.05) is 11.4 Å². The van der Waals surface area contributed by atoms with Gasteiger partial charge in [-0.05, 0) is 56.1 Å². The zero-order chi connectivity index (χ0) is 23.0. The summed E-state index contributed by atoms with van der Waals surface area (Å²) in [4.78, 5) is 40.7. The highest BCUT2D eigenvalue weighted by molar-refractivity contribution is 6.05. The minimum absolute atomic E-state index is 0. The van der Waals surface area contributed by atoms with Crippen LogP contribution in [0.3, 0.4) is 0 Å². The second kappa shape index (κ2) is 10.0. The molecule has 3 aliphatic rings. The van der Waals surface area contributed by atoms with E-state index in [0.29, 0.717) is 30.9 Å². The molecule has 2 fully saturated rings. The normalized spacial score (nSPS) is 23.5. The van der Waals surface area contributed by atoms with Gasteiger partial charge in [0.25, 0.3) is 5.91 Å². The van der Waals surface area contributed by atoms with Crippen molar-refractivity contribution in [1.82, 2.24) is 10.0 Å². The first-order chi connectivity index (χ1) is 15.2. The molecule has 0 radical (unpaired) electrons. The molecule has 33 heavy (non-hydrogen) atoms. The van der Waals surface area contributed by atoms with E-state index in [1.165, 1.54) is 5.01 Å². The lowest BCUT2D eigenvalue weighted by molar-refractivity contribution is -0.163. The monoisotopic (exact) mass is 476 g/mol. The third-order valence-corrected chi connectivity index (χ3v) is 7.01. The molecule has 1 aliphatic carbocycles. The van der Waals surface area contributed by atoms with Crippen LogP contribution in [-0.4, -0.2) is 46.4 Å². The van der Waals surface area contributed by atoms with Gasteiger partial charge in [0.05, 0.1) is 6.54 Å². The molecule has 7 nitrogen and oxygen atoms in total. The Morgan fingerprint density at radius 1 is 1.03 bits per heavy atom. The maximum absolute atomic E-state index is 13.2. The fourth-order valence-corrected chi connectivity index (χ4v) is 5.11. The Bertz CT molecular complexity index is 889. The minimum atomic E-state index is -0.283. The first-order valence-electron chi connectivity index (χ1n) is 12.0. The average Bonchev–Trinajstić information content (AvgIpc) is 3.06. The number of fused-ring (bicyclic) bond motifs is 1. The Morgan fingerprint density at radius 2 is 1.67 bits per heavy atom. The van der Waals surface area contributed by atoms with Crippen LogP contribution in [0.4, 0.5) is 5.69 Å². The smallest absolute Gasteiger partial charge is 0.273 e. The molecule has 0 bridgehead atoms. The molecule has 2 heterocycles. The van der Waals surface area contributed by atoms with E-state index < -0.39 is 0 Å². The van der Waals surface area contributed by atoms with Crippen molar-refractivity contribution in [2.24, 2.45) is 11.1 Å². The maximum Gasteiger partial charge on any atom is 0.273 e. The summed E-state index contributed by atoms with van der Waals surface area (Å²) < 4.78 is 0. The van der Waals surface area contributed by atoms with Crippen LogP contribution in [0.5, 0.6) is 0 Å². The van der Waals surface area contributed by atoms with E-state index in [1.807, 2.05) is 12.1 Å². The molecular weight excluding hydrogens is 440 g/mol. The molecule has 4 rings (SSSR count). The van der Waals surface area contributed by atoms with Gasteiger partial charge >= 0.3 is 0 Å². The molecule has 0 unspecified atom stereocenters. The summed E-state index contributed by atoms with van der Waals surface area (Å²) in [6.45, 7) is 7.90. The maximum atomic E-state index is 13.2. The average molecular weight is 477 g/mol. The summed E-state index contributed by atoms with van der Waals surface area (Å²) in [5.74, 6) is -0.823. The Labute approximate surface area is 203 Å². The van der Waals surface area contributed by atoms with Crippen molar-refractivity contribution in [3.8, 4) is 0 Å². The van der Waals surface area contributed by atoms with Crippen molar-refractivity contribution in [3.05, 3.63) is 29.3 Å². The largest absolute Gasteiger partial charge is 0.368 e. The molecule has 182 valence electrons. The molecular formula is C25H37ClN4O3. The molecule has 0 spiro atoms. The van der Waals surface area contributed by atoms with Gasteiger partial charge in [-0.25, -0.2) is 5.01 Å². The zero-order valence-corrected chi connectivity index (χ0v) is 20.8. The summed E-state index contributed by atoms with van der Waals surface area (Å²) in [6, 6.07) is 6.48. The molecule has 1 aromatic rings. The van der Waals surface area contributed by atoms with Gasteiger partial charge in [-0.1, -0.05) is 26.8 Å². The predicted octanol–water partition coefficient (Wildman–Crippen LogP) is 4.03. The van der Waals surface area contributed by atoms with Crippen LogP contribution in [0.25, 0.3) is 0 Å². The Morgan fingerprint density at radius 3 is 2.27 bits per heavy atom. The van der Waals surface area contributed by atoms with Gasteiger partial charge in [0.2, 0.25) is 11.8 Å². The molecule has 2 aliphatic heterocycles. The quantitative estimate of drug-likeness (QED) is 0.648. The lowest BCUT2D eigenvalue weighted by Gasteiger charge is -2.40. The van der Waals surface area contributed by atoms with Crippen molar-refractivity contribution >= 4 is 35.8 Å². The third kappa shape index (κ3) is 5.35. The predicted molar refractivity (Wildman–Crippen MR) is 131 cm³/mol. The summed E-state index contributed by atoms with van der Waals surface area (Å²) in [5, 5.41) is 2.45. The van der Waals surface area contributed by atoms with Crippen LogP contribution >= 0.6 is 12.4 Å². The van der Waals surface area contributed by atoms with Crippen LogP contribution in [0, 0.1) is 5.41 Å². The number of amides is 3. The molecule has 1 saturated heterocycles. The SMILES string of the molecule is CC(C)(C)CCN(c1cccc2c1CN(N1C(=O)CCCC1=O)C2=O)C1CCC(N)CC1.Cl. The van der Waals surface area contributed by atoms with Gasteiger partial charge in [-0.15, -0.1) is 12.4 Å².